The highest BCUT2D eigenvalue weighted by Crippen LogP contribution is 2.48. The topological polar surface area (TPSA) is 49.3 Å². The Morgan fingerprint density at radius 3 is 2.90 bits per heavy atom. The van der Waals surface area contributed by atoms with Gasteiger partial charge in [0.25, 0.3) is 5.91 Å². The van der Waals surface area contributed by atoms with Gasteiger partial charge in [-0.25, -0.2) is 0 Å². The molecule has 0 unspecified atom stereocenters. The molecule has 3 heteroatoms. The first-order valence-corrected chi connectivity index (χ1v) is 7.67. The van der Waals surface area contributed by atoms with Gasteiger partial charge in [0.2, 0.25) is 0 Å². The van der Waals surface area contributed by atoms with Crippen molar-refractivity contribution in [3.05, 3.63) is 35.4 Å². The van der Waals surface area contributed by atoms with Crippen molar-refractivity contribution < 1.29 is 9.90 Å². The molecule has 1 aromatic carbocycles. The average molecular weight is 285 g/mol. The maximum Gasteiger partial charge on any atom is 0.251 e. The third kappa shape index (κ3) is 4.61. The van der Waals surface area contributed by atoms with Crippen LogP contribution in [-0.2, 0) is 0 Å². The van der Waals surface area contributed by atoms with E-state index in [0.29, 0.717) is 17.4 Å². The number of rotatable bonds is 6. The highest BCUT2D eigenvalue weighted by atomic mass is 16.2. The highest BCUT2D eigenvalue weighted by Gasteiger charge is 2.41. The number of hydrogen-bond donors (Lipinski definition) is 2. The van der Waals surface area contributed by atoms with E-state index in [1.807, 2.05) is 18.2 Å². The van der Waals surface area contributed by atoms with Crippen molar-refractivity contribution in [1.82, 2.24) is 5.32 Å². The Balaban J connectivity index is 1.93. The molecule has 2 N–H and O–H groups in total. The zero-order valence-electron chi connectivity index (χ0n) is 12.6. The molecule has 0 atom stereocenters. The molecule has 1 saturated carbocycles. The van der Waals surface area contributed by atoms with Crippen LogP contribution >= 0.6 is 0 Å². The minimum Gasteiger partial charge on any atom is -0.395 e. The molecule has 21 heavy (non-hydrogen) atoms. The van der Waals surface area contributed by atoms with Crippen LogP contribution in [0.1, 0.15) is 54.9 Å². The molecule has 0 aliphatic heterocycles. The molecule has 0 bridgehead atoms. The third-order valence-corrected chi connectivity index (χ3v) is 3.96. The lowest BCUT2D eigenvalue weighted by Crippen LogP contribution is -2.30. The van der Waals surface area contributed by atoms with Crippen LogP contribution in [-0.4, -0.2) is 24.2 Å². The Morgan fingerprint density at radius 2 is 2.24 bits per heavy atom. The maximum absolute atomic E-state index is 12.2. The molecule has 1 aromatic rings. The first kappa shape index (κ1) is 15.6. The molecule has 0 aromatic heterocycles. The van der Waals surface area contributed by atoms with E-state index < -0.39 is 0 Å². The number of benzene rings is 1. The van der Waals surface area contributed by atoms with E-state index in [2.05, 4.69) is 24.1 Å². The van der Waals surface area contributed by atoms with E-state index in [1.165, 1.54) is 25.7 Å². The summed E-state index contributed by atoms with van der Waals surface area (Å²) >= 11 is 0. The van der Waals surface area contributed by atoms with Crippen molar-refractivity contribution in [2.24, 2.45) is 5.41 Å². The number of carbonyl (C=O) groups is 1. The SMILES string of the molecule is CCCC1(CNC(=O)c2cccc(C#CCCO)c2)CC1. The summed E-state index contributed by atoms with van der Waals surface area (Å²) in [6, 6.07) is 7.34. The van der Waals surface area contributed by atoms with Gasteiger partial charge < -0.3 is 10.4 Å². The van der Waals surface area contributed by atoms with Crippen molar-refractivity contribution in [3.8, 4) is 11.8 Å². The van der Waals surface area contributed by atoms with Crippen molar-refractivity contribution in [2.45, 2.75) is 39.0 Å². The quantitative estimate of drug-likeness (QED) is 0.790. The van der Waals surface area contributed by atoms with Crippen LogP contribution in [0.2, 0.25) is 0 Å². The molecule has 1 amide bonds. The molecule has 0 spiro atoms. The predicted molar refractivity (Wildman–Crippen MR) is 83.9 cm³/mol. The third-order valence-electron chi connectivity index (χ3n) is 3.96. The minimum absolute atomic E-state index is 0.0248. The van der Waals surface area contributed by atoms with Gasteiger partial charge in [-0.05, 0) is 42.9 Å². The lowest BCUT2D eigenvalue weighted by molar-refractivity contribution is 0.0943. The zero-order chi connectivity index (χ0) is 15.1. The summed E-state index contributed by atoms with van der Waals surface area (Å²) in [4.78, 5) is 12.2. The van der Waals surface area contributed by atoms with Gasteiger partial charge in [-0.2, -0.15) is 0 Å². The van der Waals surface area contributed by atoms with Crippen molar-refractivity contribution >= 4 is 5.91 Å². The molecule has 0 saturated heterocycles. The lowest BCUT2D eigenvalue weighted by Gasteiger charge is -2.14. The van der Waals surface area contributed by atoms with Crippen LogP contribution in [0, 0.1) is 17.3 Å². The summed E-state index contributed by atoms with van der Waals surface area (Å²) in [5.74, 6) is 5.80. The van der Waals surface area contributed by atoms with E-state index in [0.717, 1.165) is 12.1 Å². The number of aliphatic hydroxyl groups is 1. The second kappa shape index (κ2) is 7.28. The summed E-state index contributed by atoms with van der Waals surface area (Å²) in [5.41, 5.74) is 1.83. The molecule has 1 aliphatic carbocycles. The Morgan fingerprint density at radius 1 is 1.43 bits per heavy atom. The van der Waals surface area contributed by atoms with Crippen LogP contribution in [0.15, 0.2) is 24.3 Å². The van der Waals surface area contributed by atoms with E-state index in [4.69, 9.17) is 5.11 Å². The van der Waals surface area contributed by atoms with Crippen LogP contribution in [0.25, 0.3) is 0 Å². The summed E-state index contributed by atoms with van der Waals surface area (Å²) in [6.45, 7) is 3.03. The summed E-state index contributed by atoms with van der Waals surface area (Å²) in [7, 11) is 0. The van der Waals surface area contributed by atoms with E-state index in [-0.39, 0.29) is 12.5 Å². The molecule has 1 aliphatic rings. The van der Waals surface area contributed by atoms with Gasteiger partial charge in [0.15, 0.2) is 0 Å². The number of hydrogen-bond acceptors (Lipinski definition) is 2. The standard InChI is InChI=1S/C18H23NO2/c1-2-9-18(10-11-18)14-19-17(21)16-8-5-7-15(13-16)6-3-4-12-20/h5,7-8,13,20H,2,4,9-12,14H2,1H3,(H,19,21). The van der Waals surface area contributed by atoms with Crippen LogP contribution in [0.5, 0.6) is 0 Å². The molecule has 2 rings (SSSR count). The Kier molecular flexibility index (Phi) is 5.41. The monoisotopic (exact) mass is 285 g/mol. The fraction of sp³-hybridized carbons (Fsp3) is 0.500. The number of aliphatic hydroxyl groups excluding tert-OH is 1. The molecule has 0 heterocycles. The summed E-state index contributed by atoms with van der Waals surface area (Å²) < 4.78 is 0. The van der Waals surface area contributed by atoms with Crippen LogP contribution < -0.4 is 5.32 Å². The predicted octanol–water partition coefficient (Wildman–Crippen LogP) is 2.73. The number of amides is 1. The fourth-order valence-corrected chi connectivity index (χ4v) is 2.55. The number of nitrogens with one attached hydrogen (secondary N) is 1. The largest absolute Gasteiger partial charge is 0.395 e. The van der Waals surface area contributed by atoms with Crippen molar-refractivity contribution in [1.29, 1.82) is 0 Å². The Labute approximate surface area is 126 Å². The summed E-state index contributed by atoms with van der Waals surface area (Å²) in [5, 5.41) is 11.8. The molecular weight excluding hydrogens is 262 g/mol. The van der Waals surface area contributed by atoms with E-state index in [9.17, 15) is 4.79 Å². The minimum atomic E-state index is -0.0248. The normalized spacial score (nSPS) is 15.0. The van der Waals surface area contributed by atoms with Gasteiger partial charge in [-0.1, -0.05) is 31.3 Å². The van der Waals surface area contributed by atoms with Crippen molar-refractivity contribution in [3.63, 3.8) is 0 Å². The number of carbonyl (C=O) groups excluding carboxylic acids is 1. The highest BCUT2D eigenvalue weighted by molar-refractivity contribution is 5.94. The van der Waals surface area contributed by atoms with E-state index in [1.54, 1.807) is 6.07 Å². The molecule has 0 radical (unpaired) electrons. The van der Waals surface area contributed by atoms with Crippen molar-refractivity contribution in [2.75, 3.05) is 13.2 Å². The Hall–Kier alpha value is -1.79. The van der Waals surface area contributed by atoms with Gasteiger partial charge in [0, 0.05) is 24.1 Å². The van der Waals surface area contributed by atoms with Crippen LogP contribution in [0.3, 0.4) is 0 Å². The average Bonchev–Trinajstić information content (AvgIpc) is 3.26. The van der Waals surface area contributed by atoms with Crippen LogP contribution in [0.4, 0.5) is 0 Å². The molecule has 112 valence electrons. The fourth-order valence-electron chi connectivity index (χ4n) is 2.55. The molecular formula is C18H23NO2. The maximum atomic E-state index is 12.2. The summed E-state index contributed by atoms with van der Waals surface area (Å²) in [6.07, 6.45) is 5.28. The van der Waals surface area contributed by atoms with Gasteiger partial charge >= 0.3 is 0 Å². The van der Waals surface area contributed by atoms with Gasteiger partial charge in [0.1, 0.15) is 0 Å². The second-order valence-electron chi connectivity index (χ2n) is 5.79. The van der Waals surface area contributed by atoms with E-state index >= 15 is 0 Å². The molecule has 3 nitrogen and oxygen atoms in total. The van der Waals surface area contributed by atoms with Gasteiger partial charge in [0.05, 0.1) is 6.61 Å². The zero-order valence-corrected chi connectivity index (χ0v) is 12.6. The Bertz CT molecular complexity index is 550. The first-order chi connectivity index (χ1) is 10.2. The smallest absolute Gasteiger partial charge is 0.251 e. The molecule has 1 fully saturated rings. The second-order valence-corrected chi connectivity index (χ2v) is 5.79. The van der Waals surface area contributed by atoms with Gasteiger partial charge in [-0.15, -0.1) is 0 Å². The van der Waals surface area contributed by atoms with Gasteiger partial charge in [-0.3, -0.25) is 4.79 Å². The lowest BCUT2D eigenvalue weighted by atomic mass is 10.0. The first-order valence-electron chi connectivity index (χ1n) is 7.67.